The molecule has 1 aliphatic heterocycles. The number of carboxylic acid groups (broad SMARTS) is 1. The van der Waals surface area contributed by atoms with Gasteiger partial charge in [-0.25, -0.2) is 9.37 Å². The Bertz CT molecular complexity index is 1440. The average Bonchev–Trinajstić information content (AvgIpc) is 2.96. The van der Waals surface area contributed by atoms with Crippen LogP contribution in [0.5, 0.6) is 0 Å². The number of aliphatic carboxylic acids is 1. The molecule has 1 aromatic heterocycles. The summed E-state index contributed by atoms with van der Waals surface area (Å²) < 4.78 is 96.4. The summed E-state index contributed by atoms with van der Waals surface area (Å²) in [6, 6.07) is 4.40. The number of pyridine rings is 1. The number of nitrogens with zero attached hydrogens (tertiary/aromatic N) is 2. The molecule has 0 bridgehead atoms. The van der Waals surface area contributed by atoms with Crippen molar-refractivity contribution in [1.29, 1.82) is 0 Å². The standard InChI is InChI=1S/C32H34F7N3O3/c1-20-6-4-5-9-30(20,33)29(17-27(44)45)10-12-42(13-11-29)26-8-7-24(18-41-26)40-19-25(43)28(2,3)21-14-22(31(34,35)36)16-23(15-21)32(37,38)39/h4-9,14-16,18,20,40H,10-13,17,19H2,1-3H3,(H,44,45). The second-order valence-corrected chi connectivity index (χ2v) is 12.2. The zero-order valence-electron chi connectivity index (χ0n) is 24.9. The van der Waals surface area contributed by atoms with Crippen molar-refractivity contribution < 1.29 is 45.4 Å². The zero-order valence-corrected chi connectivity index (χ0v) is 24.9. The van der Waals surface area contributed by atoms with E-state index in [1.807, 2.05) is 4.90 Å². The highest BCUT2D eigenvalue weighted by Gasteiger charge is 2.55. The van der Waals surface area contributed by atoms with E-state index in [1.165, 1.54) is 26.1 Å². The van der Waals surface area contributed by atoms with Crippen LogP contribution < -0.4 is 10.2 Å². The van der Waals surface area contributed by atoms with E-state index in [0.717, 1.165) is 0 Å². The summed E-state index contributed by atoms with van der Waals surface area (Å²) >= 11 is 0. The summed E-state index contributed by atoms with van der Waals surface area (Å²) in [5.41, 5.74) is -7.65. The molecule has 1 aliphatic carbocycles. The first-order valence-corrected chi connectivity index (χ1v) is 14.3. The number of allylic oxidation sites excluding steroid dienone is 4. The van der Waals surface area contributed by atoms with Crippen molar-refractivity contribution in [1.82, 2.24) is 4.98 Å². The Labute approximate surface area is 256 Å². The van der Waals surface area contributed by atoms with Crippen LogP contribution in [0.4, 0.5) is 42.2 Å². The number of ketones is 1. The number of halogens is 7. The summed E-state index contributed by atoms with van der Waals surface area (Å²) in [6.07, 6.45) is -1.89. The normalized spacial score (nSPS) is 21.9. The number of aromatic nitrogens is 1. The van der Waals surface area contributed by atoms with E-state index in [0.29, 0.717) is 36.7 Å². The Balaban J connectivity index is 1.43. The van der Waals surface area contributed by atoms with E-state index in [2.05, 4.69) is 10.3 Å². The molecule has 1 saturated heterocycles. The number of Topliss-reactive ketones (excluding diaryl/α,β-unsaturated/α-hetero) is 1. The van der Waals surface area contributed by atoms with Crippen molar-refractivity contribution in [3.8, 4) is 0 Å². The van der Waals surface area contributed by atoms with Crippen LogP contribution in [0, 0.1) is 11.3 Å². The highest BCUT2D eigenvalue weighted by Crippen LogP contribution is 2.53. The van der Waals surface area contributed by atoms with Crippen LogP contribution >= 0.6 is 0 Å². The predicted molar refractivity (Wildman–Crippen MR) is 155 cm³/mol. The van der Waals surface area contributed by atoms with E-state index < -0.39 is 69.8 Å². The lowest BCUT2D eigenvalue weighted by atomic mass is 9.59. The lowest BCUT2D eigenvalue weighted by Crippen LogP contribution is -2.55. The van der Waals surface area contributed by atoms with E-state index in [4.69, 9.17) is 0 Å². The second-order valence-electron chi connectivity index (χ2n) is 12.2. The largest absolute Gasteiger partial charge is 0.481 e. The monoisotopic (exact) mass is 641 g/mol. The van der Waals surface area contributed by atoms with Gasteiger partial charge < -0.3 is 15.3 Å². The van der Waals surface area contributed by atoms with Crippen LogP contribution in [0.15, 0.2) is 60.8 Å². The molecule has 2 aromatic rings. The van der Waals surface area contributed by atoms with Crippen molar-refractivity contribution >= 4 is 23.3 Å². The molecule has 13 heteroatoms. The van der Waals surface area contributed by atoms with Crippen LogP contribution in [0.3, 0.4) is 0 Å². The number of benzene rings is 1. The molecule has 2 aliphatic rings. The summed E-state index contributed by atoms with van der Waals surface area (Å²) in [6.45, 7) is 4.56. The molecule has 2 atom stereocenters. The number of carboxylic acids is 1. The first-order chi connectivity index (χ1) is 20.8. The third kappa shape index (κ3) is 7.01. The van der Waals surface area contributed by atoms with E-state index in [1.54, 1.807) is 37.3 Å². The molecular formula is C32H34F7N3O3. The van der Waals surface area contributed by atoms with Crippen molar-refractivity contribution in [3.05, 3.63) is 77.5 Å². The SMILES string of the molecule is CC1C=CC=CC1(F)C1(CC(=O)O)CCN(c2ccc(NCC(=O)C(C)(C)c3cc(C(F)(F)F)cc(C(F)(F)F)c3)cn2)CC1. The summed E-state index contributed by atoms with van der Waals surface area (Å²) in [5, 5.41) is 12.4. The van der Waals surface area contributed by atoms with Gasteiger partial charge in [0.2, 0.25) is 0 Å². The van der Waals surface area contributed by atoms with Crippen LogP contribution in [-0.4, -0.2) is 47.1 Å². The molecule has 1 aromatic carbocycles. The summed E-state index contributed by atoms with van der Waals surface area (Å²) in [4.78, 5) is 31.1. The third-order valence-corrected chi connectivity index (χ3v) is 9.07. The van der Waals surface area contributed by atoms with Gasteiger partial charge in [-0.15, -0.1) is 0 Å². The number of piperidine rings is 1. The smallest absolute Gasteiger partial charge is 0.416 e. The number of hydrogen-bond donors (Lipinski definition) is 2. The van der Waals surface area contributed by atoms with Gasteiger partial charge in [0, 0.05) is 24.4 Å². The van der Waals surface area contributed by atoms with Gasteiger partial charge in [0.25, 0.3) is 0 Å². The third-order valence-electron chi connectivity index (χ3n) is 9.07. The molecule has 2 unspecified atom stereocenters. The van der Waals surface area contributed by atoms with Crippen LogP contribution in [0.25, 0.3) is 0 Å². The minimum Gasteiger partial charge on any atom is -0.481 e. The molecule has 1 fully saturated rings. The Morgan fingerprint density at radius 1 is 0.978 bits per heavy atom. The highest BCUT2D eigenvalue weighted by molar-refractivity contribution is 5.92. The number of hydrogen-bond acceptors (Lipinski definition) is 5. The molecule has 4 rings (SSSR count). The number of alkyl halides is 7. The first kappa shape index (κ1) is 34.0. The van der Waals surface area contributed by atoms with Crippen molar-refractivity contribution in [2.24, 2.45) is 11.3 Å². The van der Waals surface area contributed by atoms with Gasteiger partial charge in [0.15, 0.2) is 5.78 Å². The molecule has 2 N–H and O–H groups in total. The maximum absolute atomic E-state index is 16.4. The van der Waals surface area contributed by atoms with Crippen molar-refractivity contribution in [3.63, 3.8) is 0 Å². The maximum atomic E-state index is 16.4. The Morgan fingerprint density at radius 3 is 2.04 bits per heavy atom. The lowest BCUT2D eigenvalue weighted by molar-refractivity contribution is -0.145. The molecule has 0 saturated carbocycles. The van der Waals surface area contributed by atoms with E-state index in [9.17, 15) is 41.0 Å². The second kappa shape index (κ2) is 12.1. The Hall–Kier alpha value is -3.90. The number of nitrogens with one attached hydrogen (secondary N) is 1. The predicted octanol–water partition coefficient (Wildman–Crippen LogP) is 7.61. The van der Waals surface area contributed by atoms with Gasteiger partial charge in [-0.05, 0) is 68.7 Å². The fourth-order valence-electron chi connectivity index (χ4n) is 6.08. The van der Waals surface area contributed by atoms with Gasteiger partial charge in [-0.1, -0.05) is 25.2 Å². The lowest BCUT2D eigenvalue weighted by Gasteiger charge is -2.51. The van der Waals surface area contributed by atoms with Crippen molar-refractivity contribution in [2.45, 2.75) is 63.5 Å². The van der Waals surface area contributed by atoms with Crippen molar-refractivity contribution in [2.75, 3.05) is 29.9 Å². The minimum absolute atomic E-state index is 0.0184. The zero-order chi connectivity index (χ0) is 33.4. The average molecular weight is 642 g/mol. The summed E-state index contributed by atoms with van der Waals surface area (Å²) in [7, 11) is 0. The molecular weight excluding hydrogens is 607 g/mol. The van der Waals surface area contributed by atoms with E-state index >= 15 is 4.39 Å². The van der Waals surface area contributed by atoms with Gasteiger partial charge in [0.1, 0.15) is 11.5 Å². The molecule has 0 amide bonds. The van der Waals surface area contributed by atoms with Gasteiger partial charge >= 0.3 is 18.3 Å². The molecule has 244 valence electrons. The summed E-state index contributed by atoms with van der Waals surface area (Å²) in [5.74, 6) is -1.67. The molecule has 45 heavy (non-hydrogen) atoms. The quantitative estimate of drug-likeness (QED) is 0.275. The van der Waals surface area contributed by atoms with Crippen LogP contribution in [-0.2, 0) is 27.4 Å². The first-order valence-electron chi connectivity index (χ1n) is 14.3. The van der Waals surface area contributed by atoms with Gasteiger partial charge in [-0.3, -0.25) is 9.59 Å². The van der Waals surface area contributed by atoms with Crippen LogP contribution in [0.2, 0.25) is 0 Å². The topological polar surface area (TPSA) is 82.5 Å². The Kier molecular flexibility index (Phi) is 9.16. The molecule has 0 radical (unpaired) electrons. The van der Waals surface area contributed by atoms with Gasteiger partial charge in [0.05, 0.1) is 41.4 Å². The van der Waals surface area contributed by atoms with E-state index in [-0.39, 0.29) is 25.3 Å². The number of carbonyl (C=O) groups excluding carboxylic acids is 1. The number of anilines is 2. The fourth-order valence-corrected chi connectivity index (χ4v) is 6.08. The minimum atomic E-state index is -5.04. The van der Waals surface area contributed by atoms with Gasteiger partial charge in [-0.2, -0.15) is 26.3 Å². The van der Waals surface area contributed by atoms with Crippen LogP contribution in [0.1, 0.15) is 56.7 Å². The number of rotatable bonds is 9. The molecule has 6 nitrogen and oxygen atoms in total. The highest BCUT2D eigenvalue weighted by atomic mass is 19.4. The maximum Gasteiger partial charge on any atom is 0.416 e. The molecule has 2 heterocycles. The molecule has 0 spiro atoms. The fraction of sp³-hybridized carbons (Fsp3) is 0.469. The number of carbonyl (C=O) groups is 2. The Morgan fingerprint density at radius 2 is 1.56 bits per heavy atom.